The van der Waals surface area contributed by atoms with Gasteiger partial charge in [-0.25, -0.2) is 0 Å². The molecule has 0 aromatic carbocycles. The molecule has 0 heterocycles. The second kappa shape index (κ2) is 5.72. The lowest BCUT2D eigenvalue weighted by molar-refractivity contribution is 0.215. The molecular weight excluding hydrogens is 172 g/mol. The quantitative estimate of drug-likeness (QED) is 0.664. The molecular formula is C12H28N2. The second-order valence-corrected chi connectivity index (χ2v) is 5.08. The Kier molecular flexibility index (Phi) is 5.68. The lowest BCUT2D eigenvalue weighted by atomic mass is 9.74. The maximum Gasteiger partial charge on any atom is 0.0331 e. The Hall–Kier alpha value is -0.0800. The van der Waals surface area contributed by atoms with E-state index in [0.29, 0.717) is 0 Å². The van der Waals surface area contributed by atoms with Crippen molar-refractivity contribution in [3.05, 3.63) is 0 Å². The number of hydrogen-bond donors (Lipinski definition) is 2. The van der Waals surface area contributed by atoms with Gasteiger partial charge in [-0.05, 0) is 26.7 Å². The van der Waals surface area contributed by atoms with Gasteiger partial charge >= 0.3 is 0 Å². The molecule has 0 aliphatic carbocycles. The van der Waals surface area contributed by atoms with Crippen molar-refractivity contribution in [2.24, 2.45) is 11.5 Å². The molecule has 0 amide bonds. The zero-order valence-electron chi connectivity index (χ0n) is 10.4. The fourth-order valence-electron chi connectivity index (χ4n) is 1.75. The third-order valence-corrected chi connectivity index (χ3v) is 3.24. The third kappa shape index (κ3) is 3.97. The summed E-state index contributed by atoms with van der Waals surface area (Å²) in [5.41, 5.74) is 12.1. The predicted molar refractivity (Wildman–Crippen MR) is 64.2 cm³/mol. The topological polar surface area (TPSA) is 52.0 Å². The normalized spacial score (nSPS) is 13.3. The average molecular weight is 200 g/mol. The van der Waals surface area contributed by atoms with E-state index in [1.807, 2.05) is 0 Å². The van der Waals surface area contributed by atoms with E-state index in [9.17, 15) is 0 Å². The van der Waals surface area contributed by atoms with Crippen LogP contribution in [0.5, 0.6) is 0 Å². The van der Waals surface area contributed by atoms with Crippen LogP contribution in [0.2, 0.25) is 0 Å². The first-order valence-corrected chi connectivity index (χ1v) is 5.95. The highest BCUT2D eigenvalue weighted by molar-refractivity contribution is 5.01. The van der Waals surface area contributed by atoms with Crippen LogP contribution in [0.1, 0.15) is 66.2 Å². The third-order valence-electron chi connectivity index (χ3n) is 3.24. The Bertz CT molecular complexity index is 139. The van der Waals surface area contributed by atoms with Crippen molar-refractivity contribution in [3.8, 4) is 0 Å². The molecule has 0 saturated carbocycles. The summed E-state index contributed by atoms with van der Waals surface area (Å²) in [5.74, 6) is 0. The summed E-state index contributed by atoms with van der Waals surface area (Å²) in [6.07, 6.45) is 6.85. The molecule has 0 saturated heterocycles. The molecule has 0 rings (SSSR count). The standard InChI is InChI=1S/C12H28N2/c1-5-7-9-12(14,10-8-6-2)11(3,4)13/h5-10,13-14H2,1-4H3. The lowest BCUT2D eigenvalue weighted by Crippen LogP contribution is -2.62. The first-order chi connectivity index (χ1) is 6.37. The Morgan fingerprint density at radius 2 is 1.21 bits per heavy atom. The molecule has 2 heteroatoms. The van der Waals surface area contributed by atoms with Gasteiger partial charge in [0.15, 0.2) is 0 Å². The summed E-state index contributed by atoms with van der Waals surface area (Å²) in [7, 11) is 0. The minimum Gasteiger partial charge on any atom is -0.324 e. The van der Waals surface area contributed by atoms with Gasteiger partial charge in [0.2, 0.25) is 0 Å². The number of rotatable bonds is 7. The Balaban J connectivity index is 4.33. The zero-order valence-corrected chi connectivity index (χ0v) is 10.4. The predicted octanol–water partition coefficient (Wildman–Crippen LogP) is 2.80. The first kappa shape index (κ1) is 13.9. The fourth-order valence-corrected chi connectivity index (χ4v) is 1.75. The second-order valence-electron chi connectivity index (χ2n) is 5.08. The Labute approximate surface area is 89.4 Å². The van der Waals surface area contributed by atoms with Crippen LogP contribution in [0.3, 0.4) is 0 Å². The van der Waals surface area contributed by atoms with E-state index in [0.717, 1.165) is 12.8 Å². The van der Waals surface area contributed by atoms with Gasteiger partial charge in [0, 0.05) is 11.1 Å². The Morgan fingerprint density at radius 1 is 0.857 bits per heavy atom. The largest absolute Gasteiger partial charge is 0.324 e. The van der Waals surface area contributed by atoms with Gasteiger partial charge in [0.05, 0.1) is 0 Å². The molecule has 0 aromatic rings. The van der Waals surface area contributed by atoms with Gasteiger partial charge in [-0.15, -0.1) is 0 Å². The van der Waals surface area contributed by atoms with E-state index in [4.69, 9.17) is 11.5 Å². The first-order valence-electron chi connectivity index (χ1n) is 5.95. The van der Waals surface area contributed by atoms with Gasteiger partial charge < -0.3 is 11.5 Å². The minimum atomic E-state index is -0.267. The van der Waals surface area contributed by atoms with Gasteiger partial charge in [0.25, 0.3) is 0 Å². The van der Waals surface area contributed by atoms with Crippen molar-refractivity contribution in [2.75, 3.05) is 0 Å². The summed E-state index contributed by atoms with van der Waals surface area (Å²) >= 11 is 0. The molecule has 0 aliphatic rings. The number of unbranched alkanes of at least 4 members (excludes halogenated alkanes) is 2. The minimum absolute atomic E-state index is 0.182. The summed E-state index contributed by atoms with van der Waals surface area (Å²) in [4.78, 5) is 0. The molecule has 0 radical (unpaired) electrons. The fraction of sp³-hybridized carbons (Fsp3) is 1.00. The molecule has 0 atom stereocenters. The number of hydrogen-bond acceptors (Lipinski definition) is 2. The van der Waals surface area contributed by atoms with Crippen LogP contribution in [-0.4, -0.2) is 11.1 Å². The molecule has 0 fully saturated rings. The van der Waals surface area contributed by atoms with E-state index in [1.165, 1.54) is 25.7 Å². The van der Waals surface area contributed by atoms with Crippen molar-refractivity contribution in [2.45, 2.75) is 77.3 Å². The van der Waals surface area contributed by atoms with E-state index in [-0.39, 0.29) is 11.1 Å². The van der Waals surface area contributed by atoms with Crippen LogP contribution in [0.4, 0.5) is 0 Å². The van der Waals surface area contributed by atoms with E-state index in [1.54, 1.807) is 0 Å². The maximum atomic E-state index is 6.42. The van der Waals surface area contributed by atoms with Gasteiger partial charge in [0.1, 0.15) is 0 Å². The van der Waals surface area contributed by atoms with E-state index < -0.39 is 0 Å². The van der Waals surface area contributed by atoms with Crippen molar-refractivity contribution >= 4 is 0 Å². The SMILES string of the molecule is CCCCC(N)(CCCC)C(C)(C)N. The summed E-state index contributed by atoms with van der Waals surface area (Å²) in [5, 5.41) is 0. The van der Waals surface area contributed by atoms with Gasteiger partial charge in [-0.2, -0.15) is 0 Å². The average Bonchev–Trinajstić information content (AvgIpc) is 2.09. The smallest absolute Gasteiger partial charge is 0.0331 e. The molecule has 0 spiro atoms. The highest BCUT2D eigenvalue weighted by Crippen LogP contribution is 2.28. The van der Waals surface area contributed by atoms with Crippen LogP contribution in [0.25, 0.3) is 0 Å². The highest BCUT2D eigenvalue weighted by Gasteiger charge is 2.37. The van der Waals surface area contributed by atoms with Crippen LogP contribution in [0, 0.1) is 0 Å². The molecule has 0 unspecified atom stereocenters. The lowest BCUT2D eigenvalue weighted by Gasteiger charge is -2.42. The molecule has 0 bridgehead atoms. The van der Waals surface area contributed by atoms with E-state index >= 15 is 0 Å². The van der Waals surface area contributed by atoms with Gasteiger partial charge in [-0.3, -0.25) is 0 Å². The van der Waals surface area contributed by atoms with Crippen molar-refractivity contribution in [3.63, 3.8) is 0 Å². The van der Waals surface area contributed by atoms with Crippen LogP contribution in [-0.2, 0) is 0 Å². The summed E-state index contributed by atoms with van der Waals surface area (Å²) < 4.78 is 0. The van der Waals surface area contributed by atoms with Crippen molar-refractivity contribution in [1.82, 2.24) is 0 Å². The summed E-state index contributed by atoms with van der Waals surface area (Å²) in [6, 6.07) is 0. The van der Waals surface area contributed by atoms with Gasteiger partial charge in [-0.1, -0.05) is 39.5 Å². The monoisotopic (exact) mass is 200 g/mol. The van der Waals surface area contributed by atoms with Crippen LogP contribution >= 0.6 is 0 Å². The molecule has 0 aliphatic heterocycles. The van der Waals surface area contributed by atoms with Crippen LogP contribution in [0.15, 0.2) is 0 Å². The molecule has 86 valence electrons. The van der Waals surface area contributed by atoms with Crippen LogP contribution < -0.4 is 11.5 Å². The Morgan fingerprint density at radius 3 is 1.43 bits per heavy atom. The molecule has 2 nitrogen and oxygen atoms in total. The van der Waals surface area contributed by atoms with Crippen molar-refractivity contribution in [1.29, 1.82) is 0 Å². The van der Waals surface area contributed by atoms with Crippen molar-refractivity contribution < 1.29 is 0 Å². The number of nitrogens with two attached hydrogens (primary N) is 2. The highest BCUT2D eigenvalue weighted by atomic mass is 14.9. The molecule has 4 N–H and O–H groups in total. The maximum absolute atomic E-state index is 6.42. The molecule has 14 heavy (non-hydrogen) atoms. The van der Waals surface area contributed by atoms with E-state index in [2.05, 4.69) is 27.7 Å². The molecule has 0 aromatic heterocycles. The summed E-state index contributed by atoms with van der Waals surface area (Å²) in [6.45, 7) is 8.50. The zero-order chi connectivity index (χ0) is 11.2.